The van der Waals surface area contributed by atoms with Gasteiger partial charge >= 0.3 is 5.97 Å². The number of oxime groups is 1. The number of unbranched alkanes of at least 4 members (excludes halogenated alkanes) is 9. The molecule has 3 N–H and O–H groups in total. The minimum Gasteiger partial charge on any atom is -0.496 e. The maximum Gasteiger partial charge on any atom is 0.335 e. The smallest absolute Gasteiger partial charge is 0.335 e. The number of nitrogens with two attached hydrogens (primary N) is 1. The first-order chi connectivity index (χ1) is 19.4. The molecule has 220 valence electrons. The topological polar surface area (TPSA) is 121 Å². The first-order valence-electron chi connectivity index (χ1n) is 14.1. The number of amides is 1. The summed E-state index contributed by atoms with van der Waals surface area (Å²) < 4.78 is 16.2. The number of nitrogens with zero attached hydrogens (tertiary/aromatic N) is 1. The van der Waals surface area contributed by atoms with Gasteiger partial charge in [0.15, 0.2) is 5.84 Å². The molecule has 1 amide bonds. The summed E-state index contributed by atoms with van der Waals surface area (Å²) >= 11 is 0. The van der Waals surface area contributed by atoms with E-state index in [1.54, 1.807) is 36.4 Å². The molecule has 0 radical (unpaired) electrons. The Balaban J connectivity index is 1.99. The molecule has 9 nitrogen and oxygen atoms in total. The first kappa shape index (κ1) is 32.5. The number of carbonyl (C=O) groups excluding carboxylic acids is 2. The van der Waals surface area contributed by atoms with Crippen molar-refractivity contribution in [2.75, 3.05) is 26.6 Å². The van der Waals surface area contributed by atoms with E-state index in [4.69, 9.17) is 24.8 Å². The molecule has 0 heterocycles. The summed E-state index contributed by atoms with van der Waals surface area (Å²) in [5, 5.41) is 6.67. The number of rotatable bonds is 19. The third-order valence-electron chi connectivity index (χ3n) is 6.64. The second-order valence-corrected chi connectivity index (χ2v) is 9.65. The molecule has 0 aliphatic rings. The number of hydrogen-bond acceptors (Lipinski definition) is 7. The lowest BCUT2D eigenvalue weighted by molar-refractivity contribution is -0.143. The van der Waals surface area contributed by atoms with Gasteiger partial charge in [-0.05, 0) is 12.0 Å². The largest absolute Gasteiger partial charge is 0.496 e. The predicted molar refractivity (Wildman–Crippen MR) is 158 cm³/mol. The van der Waals surface area contributed by atoms with Gasteiger partial charge < -0.3 is 30.1 Å². The van der Waals surface area contributed by atoms with E-state index in [-0.39, 0.29) is 12.3 Å². The lowest BCUT2D eigenvalue weighted by atomic mass is 9.97. The zero-order valence-electron chi connectivity index (χ0n) is 24.4. The van der Waals surface area contributed by atoms with Gasteiger partial charge in [-0.15, -0.1) is 0 Å². The van der Waals surface area contributed by atoms with E-state index in [1.165, 1.54) is 66.3 Å². The fraction of sp³-hybridized carbons (Fsp3) is 0.516. The number of benzene rings is 2. The Morgan fingerprint density at radius 2 is 1.38 bits per heavy atom. The van der Waals surface area contributed by atoms with Crippen molar-refractivity contribution in [1.29, 1.82) is 0 Å². The van der Waals surface area contributed by atoms with Crippen molar-refractivity contribution in [1.82, 2.24) is 0 Å². The highest BCUT2D eigenvalue weighted by molar-refractivity contribution is 6.13. The average molecular weight is 556 g/mol. The summed E-state index contributed by atoms with van der Waals surface area (Å²) in [7, 11) is 4.47. The zero-order valence-corrected chi connectivity index (χ0v) is 24.4. The summed E-state index contributed by atoms with van der Waals surface area (Å²) in [5.41, 5.74) is 7.11. The van der Waals surface area contributed by atoms with Crippen LogP contribution in [0.1, 0.15) is 89.0 Å². The van der Waals surface area contributed by atoms with E-state index in [2.05, 4.69) is 17.4 Å². The van der Waals surface area contributed by atoms with Crippen molar-refractivity contribution in [3.8, 4) is 17.2 Å². The van der Waals surface area contributed by atoms with Crippen LogP contribution in [0.4, 0.5) is 5.69 Å². The van der Waals surface area contributed by atoms with Gasteiger partial charge in [-0.1, -0.05) is 100 Å². The molecule has 1 atom stereocenters. The summed E-state index contributed by atoms with van der Waals surface area (Å²) in [6.45, 7) is 2.22. The van der Waals surface area contributed by atoms with Crippen LogP contribution in [-0.4, -0.2) is 39.0 Å². The number of hydrogen-bond donors (Lipinski definition) is 2. The van der Waals surface area contributed by atoms with E-state index in [1.807, 2.05) is 6.07 Å². The standard InChI is InChI=1S/C31H45N3O6/c1-5-6-7-8-9-10-11-12-13-17-20-27(35)40-34-30(32)28(23-18-15-14-16-19-23)31(36)33-29-25(38-3)21-24(37-2)22-26(29)39-4/h14-16,18-19,21-22,28H,5-13,17,20H2,1-4H3,(H2,32,34)(H,33,36). The molecule has 1 unspecified atom stereocenters. The summed E-state index contributed by atoms with van der Waals surface area (Å²) in [5.74, 6) is -0.964. The van der Waals surface area contributed by atoms with Crippen molar-refractivity contribution in [3.63, 3.8) is 0 Å². The summed E-state index contributed by atoms with van der Waals surface area (Å²) in [6.07, 6.45) is 12.0. The molecule has 2 aromatic rings. The molecule has 0 bridgehead atoms. The summed E-state index contributed by atoms with van der Waals surface area (Å²) in [6, 6.07) is 12.2. The Bertz CT molecular complexity index is 1050. The van der Waals surface area contributed by atoms with Crippen LogP contribution in [0.25, 0.3) is 0 Å². The Kier molecular flexibility index (Phi) is 15.0. The van der Waals surface area contributed by atoms with Gasteiger partial charge in [0.2, 0.25) is 5.91 Å². The van der Waals surface area contributed by atoms with E-state index < -0.39 is 17.8 Å². The fourth-order valence-electron chi connectivity index (χ4n) is 4.38. The molecule has 0 spiro atoms. The van der Waals surface area contributed by atoms with Crippen LogP contribution in [0, 0.1) is 0 Å². The third-order valence-corrected chi connectivity index (χ3v) is 6.64. The minimum absolute atomic E-state index is 0.147. The second kappa shape index (κ2) is 18.5. The highest BCUT2D eigenvalue weighted by atomic mass is 16.7. The zero-order chi connectivity index (χ0) is 29.2. The molecular formula is C31H45N3O6. The Morgan fingerprint density at radius 3 is 1.90 bits per heavy atom. The molecule has 0 saturated heterocycles. The van der Waals surface area contributed by atoms with Gasteiger partial charge in [-0.2, -0.15) is 0 Å². The Hall–Kier alpha value is -3.75. The number of ether oxygens (including phenoxy) is 3. The third kappa shape index (κ3) is 10.8. The number of amidine groups is 1. The van der Waals surface area contributed by atoms with Gasteiger partial charge in [0.05, 0.1) is 21.3 Å². The fourth-order valence-corrected chi connectivity index (χ4v) is 4.38. The van der Waals surface area contributed by atoms with E-state index >= 15 is 0 Å². The van der Waals surface area contributed by atoms with Crippen molar-refractivity contribution in [2.45, 2.75) is 83.5 Å². The number of nitrogens with one attached hydrogen (secondary N) is 1. The second-order valence-electron chi connectivity index (χ2n) is 9.65. The number of methoxy groups -OCH3 is 3. The highest BCUT2D eigenvalue weighted by Gasteiger charge is 2.28. The van der Waals surface area contributed by atoms with Gasteiger partial charge in [-0.25, -0.2) is 4.79 Å². The molecule has 0 aliphatic heterocycles. The average Bonchev–Trinajstić information content (AvgIpc) is 2.97. The molecule has 0 aromatic heterocycles. The van der Waals surface area contributed by atoms with Crippen LogP contribution >= 0.6 is 0 Å². The van der Waals surface area contributed by atoms with Crippen LogP contribution in [0.5, 0.6) is 17.2 Å². The molecular weight excluding hydrogens is 510 g/mol. The van der Waals surface area contributed by atoms with Crippen molar-refractivity contribution >= 4 is 23.4 Å². The maximum atomic E-state index is 13.5. The van der Waals surface area contributed by atoms with Crippen LogP contribution < -0.4 is 25.3 Å². The monoisotopic (exact) mass is 555 g/mol. The lowest BCUT2D eigenvalue weighted by Crippen LogP contribution is -2.33. The van der Waals surface area contributed by atoms with Gasteiger partial charge in [-0.3, -0.25) is 4.79 Å². The van der Waals surface area contributed by atoms with Gasteiger partial charge in [0, 0.05) is 18.6 Å². The highest BCUT2D eigenvalue weighted by Crippen LogP contribution is 2.39. The van der Waals surface area contributed by atoms with Crippen LogP contribution in [-0.2, 0) is 14.4 Å². The normalized spacial score (nSPS) is 11.9. The van der Waals surface area contributed by atoms with Crippen molar-refractivity contribution < 1.29 is 28.6 Å². The lowest BCUT2D eigenvalue weighted by Gasteiger charge is -2.20. The van der Waals surface area contributed by atoms with E-state index in [9.17, 15) is 9.59 Å². The Labute approximate surface area is 238 Å². The molecule has 40 heavy (non-hydrogen) atoms. The number of carbonyl (C=O) groups is 2. The predicted octanol–water partition coefficient (Wildman–Crippen LogP) is 6.56. The van der Waals surface area contributed by atoms with Crippen LogP contribution in [0.3, 0.4) is 0 Å². The molecule has 9 heteroatoms. The van der Waals surface area contributed by atoms with Crippen LogP contribution in [0.2, 0.25) is 0 Å². The molecule has 2 aromatic carbocycles. The number of anilines is 1. The minimum atomic E-state index is -1.03. The van der Waals surface area contributed by atoms with Crippen molar-refractivity contribution in [2.24, 2.45) is 10.9 Å². The molecule has 0 fully saturated rings. The molecule has 0 aliphatic carbocycles. The van der Waals surface area contributed by atoms with Crippen molar-refractivity contribution in [3.05, 3.63) is 48.0 Å². The van der Waals surface area contributed by atoms with E-state index in [0.717, 1.165) is 19.3 Å². The Morgan fingerprint density at radius 1 is 0.825 bits per heavy atom. The summed E-state index contributed by atoms with van der Waals surface area (Å²) in [4.78, 5) is 30.9. The van der Waals surface area contributed by atoms with E-state index in [0.29, 0.717) is 28.5 Å². The van der Waals surface area contributed by atoms with Gasteiger partial charge in [0.1, 0.15) is 28.9 Å². The maximum absolute atomic E-state index is 13.5. The van der Waals surface area contributed by atoms with Crippen LogP contribution in [0.15, 0.2) is 47.6 Å². The quantitative estimate of drug-likeness (QED) is 0.0662. The van der Waals surface area contributed by atoms with Gasteiger partial charge in [0.25, 0.3) is 0 Å². The molecule has 0 saturated carbocycles. The SMILES string of the molecule is CCCCCCCCCCCCC(=O)O/N=C(/N)C(C(=O)Nc1c(OC)cc(OC)cc1OC)c1ccccc1. The molecule has 2 rings (SSSR count). The first-order valence-corrected chi connectivity index (χ1v) is 14.1.